The van der Waals surface area contributed by atoms with Crippen LogP contribution in [0.2, 0.25) is 0 Å². The van der Waals surface area contributed by atoms with Gasteiger partial charge in [0.2, 0.25) is 5.91 Å². The first kappa shape index (κ1) is 17.5. The van der Waals surface area contributed by atoms with E-state index in [1.54, 1.807) is 43.8 Å². The van der Waals surface area contributed by atoms with Crippen LogP contribution in [-0.2, 0) is 4.79 Å². The molecule has 1 saturated heterocycles. The maximum absolute atomic E-state index is 15.0. The molecule has 8 heteroatoms. The fourth-order valence-electron chi connectivity index (χ4n) is 3.91. The quantitative estimate of drug-likeness (QED) is 0.534. The molecular formula is C21H17F2N5O. The molecule has 0 aliphatic carbocycles. The number of aryl methyl sites for hydroxylation is 1. The van der Waals surface area contributed by atoms with Crippen molar-refractivity contribution in [2.45, 2.75) is 19.9 Å². The van der Waals surface area contributed by atoms with Crippen LogP contribution < -0.4 is 4.90 Å². The zero-order valence-corrected chi connectivity index (χ0v) is 15.7. The Labute approximate surface area is 164 Å². The van der Waals surface area contributed by atoms with Gasteiger partial charge in [0.05, 0.1) is 41.2 Å². The van der Waals surface area contributed by atoms with Crippen molar-refractivity contribution in [2.24, 2.45) is 5.92 Å². The number of imidazole rings is 1. The molecule has 6 nitrogen and oxygen atoms in total. The smallest absolute Gasteiger partial charge is 0.232 e. The lowest BCUT2D eigenvalue weighted by Gasteiger charge is -2.46. The number of nitrogens with zero attached hydrogens (tertiary/aromatic N) is 4. The van der Waals surface area contributed by atoms with Gasteiger partial charge in [0, 0.05) is 29.6 Å². The van der Waals surface area contributed by atoms with E-state index in [1.807, 2.05) is 6.92 Å². The minimum atomic E-state index is -0.729. The molecule has 1 fully saturated rings. The van der Waals surface area contributed by atoms with Crippen LogP contribution in [0.25, 0.3) is 16.7 Å². The van der Waals surface area contributed by atoms with E-state index in [1.165, 1.54) is 21.7 Å². The Bertz CT molecular complexity index is 1240. The number of aromatic amines is 1. The summed E-state index contributed by atoms with van der Waals surface area (Å²) in [5.74, 6) is -2.13. The van der Waals surface area contributed by atoms with Crippen LogP contribution in [0.5, 0.6) is 0 Å². The fraction of sp³-hybridized carbons (Fsp3) is 0.190. The molecule has 0 unspecified atom stereocenters. The number of halogens is 2. The number of fused-ring (bicyclic) bond motifs is 1. The third kappa shape index (κ3) is 2.63. The molecule has 0 saturated carbocycles. The number of hydrogen-bond donors (Lipinski definition) is 1. The van der Waals surface area contributed by atoms with E-state index in [0.29, 0.717) is 16.9 Å². The molecule has 2 atom stereocenters. The third-order valence-corrected chi connectivity index (χ3v) is 5.40. The number of benzene rings is 2. The lowest BCUT2D eigenvalue weighted by atomic mass is 9.82. The molecule has 2 aromatic heterocycles. The van der Waals surface area contributed by atoms with Crippen LogP contribution in [0.3, 0.4) is 0 Å². The van der Waals surface area contributed by atoms with Crippen LogP contribution in [-0.4, -0.2) is 25.7 Å². The maximum atomic E-state index is 15.0. The van der Waals surface area contributed by atoms with Gasteiger partial charge in [-0.2, -0.15) is 5.10 Å². The van der Waals surface area contributed by atoms with Gasteiger partial charge in [0.1, 0.15) is 11.6 Å². The van der Waals surface area contributed by atoms with Gasteiger partial charge in [-0.1, -0.05) is 6.92 Å². The predicted octanol–water partition coefficient (Wildman–Crippen LogP) is 4.06. The summed E-state index contributed by atoms with van der Waals surface area (Å²) < 4.78 is 31.5. The molecule has 1 aliphatic heterocycles. The van der Waals surface area contributed by atoms with Crippen LogP contribution in [0.15, 0.2) is 49.1 Å². The molecule has 1 N–H and O–H groups in total. The first-order valence-corrected chi connectivity index (χ1v) is 9.21. The number of hydrogen-bond acceptors (Lipinski definition) is 3. The number of amides is 1. The van der Waals surface area contributed by atoms with Gasteiger partial charge < -0.3 is 9.88 Å². The summed E-state index contributed by atoms with van der Waals surface area (Å²) in [6.45, 7) is 3.53. The summed E-state index contributed by atoms with van der Waals surface area (Å²) in [4.78, 5) is 21.2. The van der Waals surface area contributed by atoms with Crippen molar-refractivity contribution in [1.82, 2.24) is 19.7 Å². The Morgan fingerprint density at radius 2 is 1.86 bits per heavy atom. The number of rotatable bonds is 3. The van der Waals surface area contributed by atoms with Gasteiger partial charge in [-0.15, -0.1) is 0 Å². The van der Waals surface area contributed by atoms with Crippen molar-refractivity contribution >= 4 is 22.6 Å². The fourth-order valence-corrected chi connectivity index (χ4v) is 3.91. The van der Waals surface area contributed by atoms with Crippen molar-refractivity contribution < 1.29 is 13.6 Å². The lowest BCUT2D eigenvalue weighted by Crippen LogP contribution is -2.54. The summed E-state index contributed by atoms with van der Waals surface area (Å²) >= 11 is 0. The highest BCUT2D eigenvalue weighted by Gasteiger charge is 2.48. The van der Waals surface area contributed by atoms with Gasteiger partial charge >= 0.3 is 0 Å². The van der Waals surface area contributed by atoms with Gasteiger partial charge in [-0.05, 0) is 30.7 Å². The Hall–Kier alpha value is -3.55. The molecule has 2 aromatic carbocycles. The van der Waals surface area contributed by atoms with E-state index >= 15 is 8.78 Å². The molecule has 5 rings (SSSR count). The number of carbonyl (C=O) groups excluding carboxylic acids is 1. The van der Waals surface area contributed by atoms with E-state index < -0.39 is 23.6 Å². The first-order valence-electron chi connectivity index (χ1n) is 9.21. The van der Waals surface area contributed by atoms with Gasteiger partial charge in [-0.3, -0.25) is 4.79 Å². The minimum Gasteiger partial charge on any atom is -0.345 e. The molecule has 29 heavy (non-hydrogen) atoms. The SMILES string of the molecule is Cc1cnn(-c2cc(F)c([C@H]3[C@H](C)C(=O)N3c3ccc4[nH]cnc4c3)c(F)c2)c1. The highest BCUT2D eigenvalue weighted by atomic mass is 19.1. The Morgan fingerprint density at radius 3 is 2.55 bits per heavy atom. The number of anilines is 1. The molecule has 1 aliphatic rings. The van der Waals surface area contributed by atoms with Crippen molar-refractivity contribution in [3.63, 3.8) is 0 Å². The highest BCUT2D eigenvalue weighted by Crippen LogP contribution is 2.45. The summed E-state index contributed by atoms with van der Waals surface area (Å²) in [6, 6.07) is 7.03. The number of carbonyl (C=O) groups is 1. The molecule has 0 spiro atoms. The number of β-lactam (4-membered cyclic amide) rings is 1. The second kappa shape index (κ2) is 6.23. The zero-order valence-electron chi connectivity index (χ0n) is 15.7. The molecule has 0 bridgehead atoms. The molecular weight excluding hydrogens is 376 g/mol. The van der Waals surface area contributed by atoms with E-state index in [-0.39, 0.29) is 11.5 Å². The monoisotopic (exact) mass is 393 g/mol. The summed E-state index contributed by atoms with van der Waals surface area (Å²) in [5, 5.41) is 4.10. The minimum absolute atomic E-state index is 0.119. The molecule has 3 heterocycles. The second-order valence-electron chi connectivity index (χ2n) is 7.33. The van der Waals surface area contributed by atoms with E-state index in [9.17, 15) is 4.79 Å². The van der Waals surface area contributed by atoms with Crippen LogP contribution >= 0.6 is 0 Å². The van der Waals surface area contributed by atoms with Crippen molar-refractivity contribution in [2.75, 3.05) is 4.90 Å². The molecule has 146 valence electrons. The molecule has 4 aromatic rings. The van der Waals surface area contributed by atoms with Crippen molar-refractivity contribution in [3.05, 3.63) is 71.8 Å². The largest absolute Gasteiger partial charge is 0.345 e. The average molecular weight is 393 g/mol. The standard InChI is InChI=1S/C21H17F2N5O/c1-11-8-26-27(9-11)14-5-15(22)19(16(23)6-14)20-12(2)21(29)28(20)13-3-4-17-18(7-13)25-10-24-17/h3-10,12,20H,1-2H3,(H,24,25)/t12-,20+/m0/s1. The van der Waals surface area contributed by atoms with Crippen LogP contribution in [0, 0.1) is 24.5 Å². The topological polar surface area (TPSA) is 66.8 Å². The van der Waals surface area contributed by atoms with Gasteiger partial charge in [0.25, 0.3) is 0 Å². The maximum Gasteiger partial charge on any atom is 0.232 e. The van der Waals surface area contributed by atoms with E-state index in [2.05, 4.69) is 15.1 Å². The molecule has 1 amide bonds. The van der Waals surface area contributed by atoms with Crippen LogP contribution in [0.1, 0.15) is 24.1 Å². The van der Waals surface area contributed by atoms with Crippen LogP contribution in [0.4, 0.5) is 14.5 Å². The number of H-pyrrole nitrogens is 1. The number of aromatic nitrogens is 4. The Kier molecular flexibility index (Phi) is 3.77. The summed E-state index contributed by atoms with van der Waals surface area (Å²) in [7, 11) is 0. The second-order valence-corrected chi connectivity index (χ2v) is 7.33. The van der Waals surface area contributed by atoms with Gasteiger partial charge in [-0.25, -0.2) is 18.4 Å². The van der Waals surface area contributed by atoms with Crippen molar-refractivity contribution in [3.8, 4) is 5.69 Å². The normalized spacial score (nSPS) is 19.0. The molecule has 0 radical (unpaired) electrons. The van der Waals surface area contributed by atoms with Crippen molar-refractivity contribution in [1.29, 1.82) is 0 Å². The average Bonchev–Trinajstić information content (AvgIpc) is 3.34. The summed E-state index contributed by atoms with van der Waals surface area (Å²) in [5.41, 5.74) is 3.12. The number of nitrogens with one attached hydrogen (secondary N) is 1. The van der Waals surface area contributed by atoms with E-state index in [0.717, 1.165) is 11.1 Å². The van der Waals surface area contributed by atoms with Gasteiger partial charge in [0.15, 0.2) is 0 Å². The lowest BCUT2D eigenvalue weighted by molar-refractivity contribution is -0.129. The third-order valence-electron chi connectivity index (χ3n) is 5.40. The Morgan fingerprint density at radius 1 is 1.10 bits per heavy atom. The first-order chi connectivity index (χ1) is 13.9. The highest BCUT2D eigenvalue weighted by molar-refractivity contribution is 6.04. The predicted molar refractivity (Wildman–Crippen MR) is 104 cm³/mol. The van der Waals surface area contributed by atoms with E-state index in [4.69, 9.17) is 0 Å². The Balaban J connectivity index is 1.57. The zero-order chi connectivity index (χ0) is 20.3. The summed E-state index contributed by atoms with van der Waals surface area (Å²) in [6.07, 6.45) is 4.86.